The normalized spacial score (nSPS) is 17.3. The van der Waals surface area contributed by atoms with Gasteiger partial charge in [-0.05, 0) is 37.1 Å². The first-order chi connectivity index (χ1) is 12.1. The Labute approximate surface area is 156 Å². The fourth-order valence-corrected chi connectivity index (χ4v) is 3.71. The summed E-state index contributed by atoms with van der Waals surface area (Å²) >= 11 is 7.46. The molecule has 2 heterocycles. The number of carbonyl (C=O) groups excluding carboxylic acids is 2. The average molecular weight is 378 g/mol. The van der Waals surface area contributed by atoms with Crippen molar-refractivity contribution in [3.63, 3.8) is 0 Å². The van der Waals surface area contributed by atoms with Crippen LogP contribution in [0.15, 0.2) is 35.8 Å². The summed E-state index contributed by atoms with van der Waals surface area (Å²) in [4.78, 5) is 31.0. The van der Waals surface area contributed by atoms with E-state index >= 15 is 0 Å². The Morgan fingerprint density at radius 3 is 2.84 bits per heavy atom. The van der Waals surface area contributed by atoms with Crippen LogP contribution in [0, 0.1) is 5.92 Å². The summed E-state index contributed by atoms with van der Waals surface area (Å²) in [6.07, 6.45) is 4.16. The third-order valence-electron chi connectivity index (χ3n) is 4.29. The van der Waals surface area contributed by atoms with Crippen LogP contribution in [0.25, 0.3) is 0 Å². The topological polar surface area (TPSA) is 62.3 Å². The molecule has 1 saturated heterocycles. The van der Waals surface area contributed by atoms with E-state index in [-0.39, 0.29) is 17.7 Å². The molecule has 25 heavy (non-hydrogen) atoms. The first-order valence-corrected chi connectivity index (χ1v) is 9.60. The number of hydrogen-bond acceptors (Lipinski definition) is 4. The zero-order valence-electron chi connectivity index (χ0n) is 13.8. The largest absolute Gasteiger partial charge is 0.355 e. The maximum Gasteiger partial charge on any atom is 0.253 e. The van der Waals surface area contributed by atoms with Crippen LogP contribution in [0.4, 0.5) is 0 Å². The van der Waals surface area contributed by atoms with Gasteiger partial charge in [-0.2, -0.15) is 0 Å². The van der Waals surface area contributed by atoms with E-state index in [1.807, 2.05) is 5.38 Å². The fourth-order valence-electron chi connectivity index (χ4n) is 2.96. The van der Waals surface area contributed by atoms with E-state index in [9.17, 15) is 9.59 Å². The van der Waals surface area contributed by atoms with Crippen molar-refractivity contribution < 1.29 is 9.59 Å². The Balaban J connectivity index is 1.52. The Morgan fingerprint density at radius 2 is 2.12 bits per heavy atom. The molecular weight excluding hydrogens is 358 g/mol. The number of halogens is 1. The molecular formula is C18H20ClN3O2S. The number of rotatable bonds is 5. The van der Waals surface area contributed by atoms with Gasteiger partial charge in [0.15, 0.2) is 0 Å². The van der Waals surface area contributed by atoms with E-state index < -0.39 is 0 Å². The maximum atomic E-state index is 12.6. The molecule has 2 amide bonds. The van der Waals surface area contributed by atoms with Crippen molar-refractivity contribution in [3.8, 4) is 0 Å². The monoisotopic (exact) mass is 377 g/mol. The van der Waals surface area contributed by atoms with Crippen molar-refractivity contribution in [1.82, 2.24) is 15.2 Å². The van der Waals surface area contributed by atoms with Crippen molar-refractivity contribution in [2.24, 2.45) is 5.92 Å². The molecule has 1 atom stereocenters. The van der Waals surface area contributed by atoms with E-state index in [1.54, 1.807) is 46.7 Å². The minimum absolute atomic E-state index is 0.0187. The molecule has 0 aliphatic carbocycles. The summed E-state index contributed by atoms with van der Waals surface area (Å²) in [5.74, 6) is -0.177. The van der Waals surface area contributed by atoms with Crippen LogP contribution >= 0.6 is 22.9 Å². The van der Waals surface area contributed by atoms with Crippen molar-refractivity contribution in [3.05, 3.63) is 51.4 Å². The molecule has 1 aromatic carbocycles. The number of hydrogen-bond donors (Lipinski definition) is 1. The second-order valence-electron chi connectivity index (χ2n) is 6.06. The second kappa shape index (κ2) is 8.45. The Bertz CT molecular complexity index is 718. The Kier molecular flexibility index (Phi) is 6.04. The van der Waals surface area contributed by atoms with Crippen molar-refractivity contribution in [2.45, 2.75) is 19.3 Å². The molecule has 1 aromatic heterocycles. The van der Waals surface area contributed by atoms with Crippen LogP contribution in [0.1, 0.15) is 28.2 Å². The van der Waals surface area contributed by atoms with Crippen LogP contribution in [0.2, 0.25) is 5.02 Å². The Morgan fingerprint density at radius 1 is 1.32 bits per heavy atom. The minimum Gasteiger partial charge on any atom is -0.355 e. The van der Waals surface area contributed by atoms with Crippen molar-refractivity contribution >= 4 is 34.8 Å². The number of aromatic nitrogens is 1. The molecule has 2 aromatic rings. The first kappa shape index (κ1) is 17.9. The number of thiazole rings is 1. The zero-order valence-corrected chi connectivity index (χ0v) is 15.4. The zero-order chi connectivity index (χ0) is 17.6. The molecule has 1 fully saturated rings. The summed E-state index contributed by atoms with van der Waals surface area (Å²) in [5, 5.41) is 6.52. The van der Waals surface area contributed by atoms with Crippen LogP contribution < -0.4 is 5.32 Å². The number of carbonyl (C=O) groups is 2. The quantitative estimate of drug-likeness (QED) is 0.871. The summed E-state index contributed by atoms with van der Waals surface area (Å²) < 4.78 is 0. The van der Waals surface area contributed by atoms with Gasteiger partial charge in [0.1, 0.15) is 0 Å². The van der Waals surface area contributed by atoms with Gasteiger partial charge in [-0.15, -0.1) is 11.3 Å². The third kappa shape index (κ3) is 4.80. The number of likely N-dealkylation sites (tertiary alicyclic amines) is 1. The predicted octanol–water partition coefficient (Wildman–Crippen LogP) is 3.01. The van der Waals surface area contributed by atoms with Crippen molar-refractivity contribution in [1.29, 1.82) is 0 Å². The highest BCUT2D eigenvalue weighted by Crippen LogP contribution is 2.20. The van der Waals surface area contributed by atoms with Gasteiger partial charge in [0, 0.05) is 48.2 Å². The molecule has 132 valence electrons. The lowest BCUT2D eigenvalue weighted by Crippen LogP contribution is -2.45. The van der Waals surface area contributed by atoms with Crippen LogP contribution in [-0.2, 0) is 11.2 Å². The SMILES string of the molecule is O=C(NCCc1nccs1)C1CCCN(C(=O)c2ccc(Cl)cc2)C1. The van der Waals surface area contributed by atoms with E-state index in [2.05, 4.69) is 10.3 Å². The van der Waals surface area contributed by atoms with Crippen LogP contribution in [0.5, 0.6) is 0 Å². The van der Waals surface area contributed by atoms with E-state index in [0.29, 0.717) is 30.2 Å². The van der Waals surface area contributed by atoms with Gasteiger partial charge in [0.25, 0.3) is 5.91 Å². The molecule has 1 aliphatic heterocycles. The van der Waals surface area contributed by atoms with Gasteiger partial charge in [0.2, 0.25) is 5.91 Å². The third-order valence-corrected chi connectivity index (χ3v) is 5.38. The molecule has 5 nitrogen and oxygen atoms in total. The summed E-state index contributed by atoms with van der Waals surface area (Å²) in [7, 11) is 0. The number of benzene rings is 1. The fraction of sp³-hybridized carbons (Fsp3) is 0.389. The molecule has 3 rings (SSSR count). The maximum absolute atomic E-state index is 12.6. The van der Waals surface area contributed by atoms with E-state index in [0.717, 1.165) is 24.3 Å². The average Bonchev–Trinajstić information content (AvgIpc) is 3.15. The molecule has 1 unspecified atom stereocenters. The summed E-state index contributed by atoms with van der Waals surface area (Å²) in [6, 6.07) is 6.87. The van der Waals surface area contributed by atoms with E-state index in [1.165, 1.54) is 0 Å². The molecule has 1 aliphatic rings. The predicted molar refractivity (Wildman–Crippen MR) is 98.9 cm³/mol. The van der Waals surface area contributed by atoms with Gasteiger partial charge in [0.05, 0.1) is 10.9 Å². The highest BCUT2D eigenvalue weighted by molar-refractivity contribution is 7.09. The molecule has 0 radical (unpaired) electrons. The number of nitrogens with one attached hydrogen (secondary N) is 1. The highest BCUT2D eigenvalue weighted by atomic mass is 35.5. The lowest BCUT2D eigenvalue weighted by atomic mass is 9.96. The van der Waals surface area contributed by atoms with E-state index in [4.69, 9.17) is 11.6 Å². The summed E-state index contributed by atoms with van der Waals surface area (Å²) in [6.45, 7) is 1.73. The number of piperidine rings is 1. The minimum atomic E-state index is -0.152. The lowest BCUT2D eigenvalue weighted by molar-refractivity contribution is -0.126. The van der Waals surface area contributed by atoms with Crippen molar-refractivity contribution in [2.75, 3.05) is 19.6 Å². The Hall–Kier alpha value is -1.92. The van der Waals surface area contributed by atoms with Gasteiger partial charge in [-0.1, -0.05) is 11.6 Å². The van der Waals surface area contributed by atoms with Gasteiger partial charge >= 0.3 is 0 Å². The van der Waals surface area contributed by atoms with Crippen LogP contribution in [0.3, 0.4) is 0 Å². The van der Waals surface area contributed by atoms with Crippen LogP contribution in [-0.4, -0.2) is 41.3 Å². The first-order valence-electron chi connectivity index (χ1n) is 8.34. The van der Waals surface area contributed by atoms with Gasteiger partial charge in [-0.25, -0.2) is 4.98 Å². The number of amides is 2. The number of nitrogens with zero attached hydrogens (tertiary/aromatic N) is 2. The second-order valence-corrected chi connectivity index (χ2v) is 7.48. The van der Waals surface area contributed by atoms with Gasteiger partial charge < -0.3 is 10.2 Å². The molecule has 0 bridgehead atoms. The molecule has 7 heteroatoms. The van der Waals surface area contributed by atoms with Gasteiger partial charge in [-0.3, -0.25) is 9.59 Å². The summed E-state index contributed by atoms with van der Waals surface area (Å²) in [5.41, 5.74) is 0.606. The smallest absolute Gasteiger partial charge is 0.253 e. The lowest BCUT2D eigenvalue weighted by Gasteiger charge is -2.32. The molecule has 0 saturated carbocycles. The standard InChI is InChI=1S/C18H20ClN3O2S/c19-15-5-3-13(4-6-15)18(24)22-10-1-2-14(12-22)17(23)21-8-7-16-20-9-11-25-16/h3-6,9,11,14H,1-2,7-8,10,12H2,(H,21,23). The molecule has 1 N–H and O–H groups in total. The highest BCUT2D eigenvalue weighted by Gasteiger charge is 2.28. The molecule has 0 spiro atoms.